The van der Waals surface area contributed by atoms with Crippen LogP contribution in [0, 0.1) is 17.0 Å². The van der Waals surface area contributed by atoms with Gasteiger partial charge < -0.3 is 15.4 Å². The smallest absolute Gasteiger partial charge is 0.191 e. The minimum absolute atomic E-state index is 0.0908. The van der Waals surface area contributed by atoms with Gasteiger partial charge in [-0.3, -0.25) is 4.99 Å². The maximum atomic E-state index is 13.3. The van der Waals surface area contributed by atoms with Gasteiger partial charge in [-0.2, -0.15) is 0 Å². The van der Waals surface area contributed by atoms with Gasteiger partial charge in [-0.15, -0.1) is 0 Å². The number of nitrogens with zero attached hydrogens (tertiary/aromatic N) is 1. The van der Waals surface area contributed by atoms with Gasteiger partial charge in [-0.25, -0.2) is 8.78 Å². The summed E-state index contributed by atoms with van der Waals surface area (Å²) in [6.45, 7) is 8.81. The maximum Gasteiger partial charge on any atom is 0.191 e. The van der Waals surface area contributed by atoms with Crippen LogP contribution in [0.1, 0.15) is 32.4 Å². The van der Waals surface area contributed by atoms with Crippen LogP contribution in [0.3, 0.4) is 0 Å². The highest BCUT2D eigenvalue weighted by atomic mass is 19.2. The lowest BCUT2D eigenvalue weighted by Crippen LogP contribution is -2.44. The van der Waals surface area contributed by atoms with Gasteiger partial charge in [-0.1, -0.05) is 13.0 Å². The van der Waals surface area contributed by atoms with E-state index in [1.807, 2.05) is 13.8 Å². The minimum Gasteiger partial charge on any atom is -0.380 e. The van der Waals surface area contributed by atoms with E-state index in [1.54, 1.807) is 6.07 Å². The molecule has 0 spiro atoms. The second kappa shape index (κ2) is 7.05. The molecule has 1 saturated heterocycles. The number of hydrogen-bond donors (Lipinski definition) is 2. The zero-order chi connectivity index (χ0) is 16.2. The molecule has 1 aliphatic rings. The van der Waals surface area contributed by atoms with Crippen LogP contribution < -0.4 is 10.6 Å². The molecule has 1 aliphatic heterocycles. The maximum absolute atomic E-state index is 13.3. The molecule has 1 fully saturated rings. The van der Waals surface area contributed by atoms with Gasteiger partial charge in [0.25, 0.3) is 0 Å². The quantitative estimate of drug-likeness (QED) is 0.649. The third-order valence-corrected chi connectivity index (χ3v) is 3.66. The van der Waals surface area contributed by atoms with Crippen LogP contribution in [0.2, 0.25) is 0 Å². The third-order valence-electron chi connectivity index (χ3n) is 3.66. The van der Waals surface area contributed by atoms with E-state index in [-0.39, 0.29) is 11.5 Å². The molecule has 1 aromatic carbocycles. The van der Waals surface area contributed by atoms with Crippen LogP contribution in [0.5, 0.6) is 0 Å². The average Bonchev–Trinajstić information content (AvgIpc) is 2.45. The van der Waals surface area contributed by atoms with E-state index >= 15 is 0 Å². The Labute approximate surface area is 130 Å². The molecule has 0 saturated carbocycles. The second-order valence-corrected chi connectivity index (χ2v) is 6.04. The molecule has 0 amide bonds. The minimum atomic E-state index is -0.841. The topological polar surface area (TPSA) is 45.7 Å². The molecule has 0 bridgehead atoms. The van der Waals surface area contributed by atoms with Crippen molar-refractivity contribution in [2.24, 2.45) is 10.4 Å². The summed E-state index contributed by atoms with van der Waals surface area (Å²) in [7, 11) is 0. The van der Waals surface area contributed by atoms with Gasteiger partial charge in [0, 0.05) is 12.0 Å². The Morgan fingerprint density at radius 2 is 2.09 bits per heavy atom. The fraction of sp³-hybridized carbons (Fsp3) is 0.562. The van der Waals surface area contributed by atoms with Gasteiger partial charge in [0.15, 0.2) is 17.6 Å². The first kappa shape index (κ1) is 16.7. The molecule has 2 N–H and O–H groups in total. The van der Waals surface area contributed by atoms with Gasteiger partial charge in [0.2, 0.25) is 0 Å². The first-order valence-corrected chi connectivity index (χ1v) is 7.51. The lowest BCUT2D eigenvalue weighted by Gasteiger charge is -2.36. The van der Waals surface area contributed by atoms with Crippen molar-refractivity contribution in [1.82, 2.24) is 10.6 Å². The van der Waals surface area contributed by atoms with E-state index in [1.165, 1.54) is 6.07 Å². The molecular formula is C16H23F2N3O. The predicted molar refractivity (Wildman–Crippen MR) is 82.8 cm³/mol. The van der Waals surface area contributed by atoms with E-state index in [4.69, 9.17) is 4.74 Å². The standard InChI is InChI=1S/C16H23F2N3O/c1-4-19-15(20-8-16(3)9-22-10-16)21-11(2)12-5-6-13(17)14(18)7-12/h5-7,11H,4,8-10H2,1-3H3,(H2,19,20,21). The Hall–Kier alpha value is -1.69. The van der Waals surface area contributed by atoms with Gasteiger partial charge in [0.1, 0.15) is 0 Å². The van der Waals surface area contributed by atoms with Crippen molar-refractivity contribution < 1.29 is 13.5 Å². The number of guanidine groups is 1. The highest BCUT2D eigenvalue weighted by molar-refractivity contribution is 5.80. The molecular weight excluding hydrogens is 288 g/mol. The first-order valence-electron chi connectivity index (χ1n) is 7.51. The summed E-state index contributed by atoms with van der Waals surface area (Å²) in [4.78, 5) is 4.56. The Bertz CT molecular complexity index is 544. The molecule has 0 aliphatic carbocycles. The molecule has 6 heteroatoms. The van der Waals surface area contributed by atoms with Crippen LogP contribution in [0.15, 0.2) is 23.2 Å². The van der Waals surface area contributed by atoms with E-state index in [0.29, 0.717) is 31.3 Å². The zero-order valence-corrected chi connectivity index (χ0v) is 13.2. The summed E-state index contributed by atoms with van der Waals surface area (Å²) >= 11 is 0. The van der Waals surface area contributed by atoms with Crippen LogP contribution in [0.4, 0.5) is 8.78 Å². The van der Waals surface area contributed by atoms with Crippen molar-refractivity contribution >= 4 is 5.96 Å². The number of nitrogens with one attached hydrogen (secondary N) is 2. The van der Waals surface area contributed by atoms with E-state index < -0.39 is 11.6 Å². The Kier molecular flexibility index (Phi) is 5.34. The van der Waals surface area contributed by atoms with Crippen molar-refractivity contribution in [3.05, 3.63) is 35.4 Å². The van der Waals surface area contributed by atoms with Crippen LogP contribution in [-0.2, 0) is 4.74 Å². The Morgan fingerprint density at radius 3 is 2.64 bits per heavy atom. The summed E-state index contributed by atoms with van der Waals surface area (Å²) in [6, 6.07) is 3.73. The zero-order valence-electron chi connectivity index (χ0n) is 13.2. The highest BCUT2D eigenvalue weighted by Gasteiger charge is 2.33. The predicted octanol–water partition coefficient (Wildman–Crippen LogP) is 2.62. The SMILES string of the molecule is CCNC(=NCC1(C)COC1)NC(C)c1ccc(F)c(F)c1. The number of rotatable bonds is 5. The summed E-state index contributed by atoms with van der Waals surface area (Å²) in [5.41, 5.74) is 0.760. The molecule has 0 aromatic heterocycles. The average molecular weight is 311 g/mol. The van der Waals surface area contributed by atoms with Crippen molar-refractivity contribution in [2.45, 2.75) is 26.8 Å². The number of aliphatic imine (C=N–C) groups is 1. The van der Waals surface area contributed by atoms with Gasteiger partial charge in [0.05, 0.1) is 25.8 Å². The van der Waals surface area contributed by atoms with Gasteiger partial charge >= 0.3 is 0 Å². The Morgan fingerprint density at radius 1 is 1.36 bits per heavy atom. The molecule has 122 valence electrons. The molecule has 1 aromatic rings. The molecule has 4 nitrogen and oxygen atoms in total. The second-order valence-electron chi connectivity index (χ2n) is 6.04. The van der Waals surface area contributed by atoms with Crippen LogP contribution in [-0.4, -0.2) is 32.3 Å². The van der Waals surface area contributed by atoms with E-state index in [2.05, 4.69) is 22.5 Å². The normalized spacial score (nSPS) is 18.5. The van der Waals surface area contributed by atoms with Crippen molar-refractivity contribution in [3.63, 3.8) is 0 Å². The van der Waals surface area contributed by atoms with E-state index in [9.17, 15) is 8.78 Å². The first-order chi connectivity index (χ1) is 10.4. The molecule has 2 rings (SSSR count). The van der Waals surface area contributed by atoms with Crippen LogP contribution in [0.25, 0.3) is 0 Å². The van der Waals surface area contributed by atoms with Crippen molar-refractivity contribution in [2.75, 3.05) is 26.3 Å². The fourth-order valence-corrected chi connectivity index (χ4v) is 2.20. The summed E-state index contributed by atoms with van der Waals surface area (Å²) in [6.07, 6.45) is 0. The highest BCUT2D eigenvalue weighted by Crippen LogP contribution is 2.26. The number of halogens is 2. The fourth-order valence-electron chi connectivity index (χ4n) is 2.20. The molecule has 0 radical (unpaired) electrons. The summed E-state index contributed by atoms with van der Waals surface area (Å²) in [5, 5.41) is 6.37. The number of ether oxygens (including phenoxy) is 1. The largest absolute Gasteiger partial charge is 0.380 e. The number of hydrogen-bond acceptors (Lipinski definition) is 2. The molecule has 1 atom stereocenters. The molecule has 1 unspecified atom stereocenters. The summed E-state index contributed by atoms with van der Waals surface area (Å²) in [5.74, 6) is -1.02. The summed E-state index contributed by atoms with van der Waals surface area (Å²) < 4.78 is 31.5. The molecule has 22 heavy (non-hydrogen) atoms. The third kappa shape index (κ3) is 4.16. The number of benzene rings is 1. The monoisotopic (exact) mass is 311 g/mol. The van der Waals surface area contributed by atoms with Crippen LogP contribution >= 0.6 is 0 Å². The lowest BCUT2D eigenvalue weighted by molar-refractivity contribution is -0.0945. The van der Waals surface area contributed by atoms with Crippen molar-refractivity contribution in [1.29, 1.82) is 0 Å². The van der Waals surface area contributed by atoms with E-state index in [0.717, 1.165) is 12.6 Å². The van der Waals surface area contributed by atoms with Crippen molar-refractivity contribution in [3.8, 4) is 0 Å². The Balaban J connectivity index is 2.02. The molecule has 1 heterocycles. The van der Waals surface area contributed by atoms with Gasteiger partial charge in [-0.05, 0) is 31.5 Å². The lowest BCUT2D eigenvalue weighted by atomic mass is 9.89.